The number of ether oxygens (including phenoxy) is 2. The van der Waals surface area contributed by atoms with Gasteiger partial charge in [0.25, 0.3) is 5.56 Å². The number of carbonyl (C=O) groups is 1. The Morgan fingerprint density at radius 1 is 1.42 bits per heavy atom. The number of carbonyl (C=O) groups excluding carboxylic acids is 1. The molecule has 0 aliphatic carbocycles. The Morgan fingerprint density at radius 2 is 2.15 bits per heavy atom. The molecule has 2 rings (SSSR count). The van der Waals surface area contributed by atoms with Crippen molar-refractivity contribution in [3.8, 4) is 0 Å². The Labute approximate surface area is 156 Å². The van der Waals surface area contributed by atoms with E-state index < -0.39 is 5.56 Å². The third-order valence-corrected chi connectivity index (χ3v) is 3.54. The monoisotopic (exact) mass is 388 g/mol. The number of nitrogens with two attached hydrogens (primary N) is 1. The van der Waals surface area contributed by atoms with Gasteiger partial charge in [-0.15, -0.1) is 12.4 Å². The van der Waals surface area contributed by atoms with Gasteiger partial charge in [0.15, 0.2) is 11.2 Å². The minimum atomic E-state index is -0.404. The van der Waals surface area contributed by atoms with Gasteiger partial charge in [-0.2, -0.15) is 4.98 Å². The third-order valence-electron chi connectivity index (χ3n) is 3.54. The fraction of sp³-hybridized carbons (Fsp3) is 0.600. The molecule has 4 N–H and O–H groups in total. The van der Waals surface area contributed by atoms with Crippen LogP contribution in [-0.4, -0.2) is 51.3 Å². The summed E-state index contributed by atoms with van der Waals surface area (Å²) in [5.41, 5.74) is 5.65. The zero-order valence-corrected chi connectivity index (χ0v) is 15.8. The largest absolute Gasteiger partial charge is 0.462 e. The topological polar surface area (TPSA) is 137 Å². The summed E-state index contributed by atoms with van der Waals surface area (Å²) >= 11 is 0. The van der Waals surface area contributed by atoms with Crippen molar-refractivity contribution in [2.45, 2.75) is 33.5 Å². The van der Waals surface area contributed by atoms with E-state index in [1.165, 1.54) is 6.33 Å². The first-order valence-electron chi connectivity index (χ1n) is 8.12. The van der Waals surface area contributed by atoms with Gasteiger partial charge in [-0.05, 0) is 12.5 Å². The van der Waals surface area contributed by atoms with Gasteiger partial charge in [0.2, 0.25) is 5.95 Å². The molecule has 1 atom stereocenters. The van der Waals surface area contributed by atoms with Crippen molar-refractivity contribution in [1.82, 2.24) is 24.8 Å². The van der Waals surface area contributed by atoms with Gasteiger partial charge in [0, 0.05) is 0 Å². The molecule has 0 radical (unpaired) electrons. The van der Waals surface area contributed by atoms with Crippen molar-refractivity contribution >= 4 is 35.5 Å². The molecule has 2 aromatic rings. The zero-order chi connectivity index (χ0) is 18.4. The van der Waals surface area contributed by atoms with E-state index in [0.29, 0.717) is 12.2 Å². The molecule has 10 nitrogen and oxygen atoms in total. The summed E-state index contributed by atoms with van der Waals surface area (Å²) in [5.74, 6) is -0.147. The molecular formula is C15H25ClN6O4. The Bertz CT molecular complexity index is 775. The number of nitrogens with one attached hydrogen (secondary N) is 2. The third kappa shape index (κ3) is 5.41. The molecule has 0 bridgehead atoms. The van der Waals surface area contributed by atoms with Crippen molar-refractivity contribution in [1.29, 1.82) is 0 Å². The summed E-state index contributed by atoms with van der Waals surface area (Å²) in [6.07, 6.45) is 1.44. The second-order valence-corrected chi connectivity index (χ2v) is 5.82. The van der Waals surface area contributed by atoms with Crippen LogP contribution in [0.25, 0.3) is 11.2 Å². The maximum Gasteiger partial charge on any atom is 0.323 e. The highest BCUT2D eigenvalue weighted by atomic mass is 35.5. The fourth-order valence-electron chi connectivity index (χ4n) is 2.33. The van der Waals surface area contributed by atoms with Crippen LogP contribution in [0.3, 0.4) is 0 Å². The Balaban J connectivity index is 0.00000338. The molecule has 11 heteroatoms. The number of fused-ring (bicyclic) bond motifs is 1. The smallest absolute Gasteiger partial charge is 0.323 e. The van der Waals surface area contributed by atoms with Crippen LogP contribution in [0.15, 0.2) is 11.1 Å². The van der Waals surface area contributed by atoms with Crippen molar-refractivity contribution in [3.05, 3.63) is 16.7 Å². The minimum absolute atomic E-state index is 0. The van der Waals surface area contributed by atoms with Crippen LogP contribution in [0.5, 0.6) is 0 Å². The van der Waals surface area contributed by atoms with Gasteiger partial charge in [-0.25, -0.2) is 4.98 Å². The molecule has 146 valence electrons. The molecule has 2 heterocycles. The summed E-state index contributed by atoms with van der Waals surface area (Å²) in [5, 5.41) is 3.10. The average Bonchev–Trinajstić information content (AvgIpc) is 2.95. The molecule has 2 aromatic heterocycles. The normalized spacial score (nSPS) is 12.2. The zero-order valence-electron chi connectivity index (χ0n) is 15.0. The van der Waals surface area contributed by atoms with E-state index in [-0.39, 0.29) is 61.7 Å². The number of hydrogen-bond donors (Lipinski definition) is 3. The number of rotatable bonds is 9. The quantitative estimate of drug-likeness (QED) is 0.411. The van der Waals surface area contributed by atoms with Crippen molar-refractivity contribution < 1.29 is 14.3 Å². The number of H-pyrrole nitrogens is 1. The fourth-order valence-corrected chi connectivity index (χ4v) is 2.33. The van der Waals surface area contributed by atoms with Gasteiger partial charge in [-0.1, -0.05) is 20.8 Å². The standard InChI is InChI=1S/C15H24N6O4.ClH/c1-4-17-10(9(2)3)14(23)25-6-5-24-8-21-7-18-11-12(21)19-15(16)20-13(11)22;/h7,9-10,17H,4-6,8H2,1-3H3,(H3,16,19,20,22);1H/t10-;/m1./s1. The van der Waals surface area contributed by atoms with Gasteiger partial charge in [0.05, 0.1) is 12.9 Å². The number of anilines is 1. The first-order chi connectivity index (χ1) is 11.9. The molecule has 0 unspecified atom stereocenters. The number of aromatic amines is 1. The van der Waals surface area contributed by atoms with E-state index in [9.17, 15) is 9.59 Å². The van der Waals surface area contributed by atoms with E-state index in [1.807, 2.05) is 20.8 Å². The lowest BCUT2D eigenvalue weighted by atomic mass is 10.1. The molecule has 0 aromatic carbocycles. The number of nitrogens with zero attached hydrogens (tertiary/aromatic N) is 3. The average molecular weight is 389 g/mol. The highest BCUT2D eigenvalue weighted by molar-refractivity contribution is 5.85. The lowest BCUT2D eigenvalue weighted by Crippen LogP contribution is -2.42. The Morgan fingerprint density at radius 3 is 2.81 bits per heavy atom. The van der Waals surface area contributed by atoms with Gasteiger partial charge < -0.3 is 20.5 Å². The SMILES string of the molecule is CCN[C@@H](C(=O)OCCOCn1cnc2c(=O)[nH]c(N)nc21)C(C)C.Cl. The van der Waals surface area contributed by atoms with E-state index in [2.05, 4.69) is 20.3 Å². The molecule has 0 aliphatic heterocycles. The predicted octanol–water partition coefficient (Wildman–Crippen LogP) is 0.275. The van der Waals surface area contributed by atoms with Crippen molar-refractivity contribution in [2.24, 2.45) is 5.92 Å². The Hall–Kier alpha value is -2.17. The first-order valence-corrected chi connectivity index (χ1v) is 8.12. The number of aromatic nitrogens is 4. The minimum Gasteiger partial charge on any atom is -0.462 e. The number of hydrogen-bond acceptors (Lipinski definition) is 8. The number of nitrogen functional groups attached to an aromatic ring is 1. The summed E-state index contributed by atoms with van der Waals surface area (Å²) in [4.78, 5) is 34.1. The second kappa shape index (κ2) is 10.1. The van der Waals surface area contributed by atoms with Gasteiger partial charge in [-0.3, -0.25) is 19.1 Å². The van der Waals surface area contributed by atoms with Crippen molar-refractivity contribution in [3.63, 3.8) is 0 Å². The van der Waals surface area contributed by atoms with E-state index in [0.717, 1.165) is 0 Å². The van der Waals surface area contributed by atoms with Gasteiger partial charge in [0.1, 0.15) is 19.4 Å². The molecule has 0 spiro atoms. The van der Waals surface area contributed by atoms with Crippen LogP contribution in [-0.2, 0) is 21.0 Å². The predicted molar refractivity (Wildman–Crippen MR) is 99.0 cm³/mol. The molecule has 0 fully saturated rings. The van der Waals surface area contributed by atoms with Crippen LogP contribution >= 0.6 is 12.4 Å². The number of likely N-dealkylation sites (N-methyl/N-ethyl adjacent to an activating group) is 1. The summed E-state index contributed by atoms with van der Waals surface area (Å²) in [7, 11) is 0. The lowest BCUT2D eigenvalue weighted by molar-refractivity contribution is -0.149. The number of esters is 1. The van der Waals surface area contributed by atoms with Crippen LogP contribution in [0.2, 0.25) is 0 Å². The number of imidazole rings is 1. The molecule has 0 saturated heterocycles. The highest BCUT2D eigenvalue weighted by Gasteiger charge is 2.22. The van der Waals surface area contributed by atoms with Crippen LogP contribution in [0.4, 0.5) is 5.95 Å². The molecule has 26 heavy (non-hydrogen) atoms. The van der Waals surface area contributed by atoms with Gasteiger partial charge >= 0.3 is 5.97 Å². The molecule has 0 aliphatic rings. The maximum atomic E-state index is 12.0. The van der Waals surface area contributed by atoms with E-state index in [1.54, 1.807) is 4.57 Å². The van der Waals surface area contributed by atoms with E-state index in [4.69, 9.17) is 15.2 Å². The second-order valence-electron chi connectivity index (χ2n) is 5.82. The molecular weight excluding hydrogens is 364 g/mol. The van der Waals surface area contributed by atoms with E-state index >= 15 is 0 Å². The first kappa shape index (κ1) is 21.9. The summed E-state index contributed by atoms with van der Waals surface area (Å²) < 4.78 is 12.2. The van der Waals surface area contributed by atoms with Crippen LogP contribution in [0, 0.1) is 5.92 Å². The highest BCUT2D eigenvalue weighted by Crippen LogP contribution is 2.07. The summed E-state index contributed by atoms with van der Waals surface area (Å²) in [6, 6.07) is -0.332. The maximum absolute atomic E-state index is 12.0. The summed E-state index contributed by atoms with van der Waals surface area (Å²) in [6.45, 7) is 7.00. The van der Waals surface area contributed by atoms with Crippen molar-refractivity contribution in [2.75, 3.05) is 25.5 Å². The number of halogens is 1. The lowest BCUT2D eigenvalue weighted by Gasteiger charge is -2.19. The Kier molecular flexibility index (Phi) is 8.49. The molecule has 0 saturated carbocycles. The van der Waals surface area contributed by atoms with Crippen LogP contribution in [0.1, 0.15) is 20.8 Å². The molecule has 0 amide bonds. The van der Waals surface area contributed by atoms with Crippen LogP contribution < -0.4 is 16.6 Å².